The van der Waals surface area contributed by atoms with E-state index in [4.69, 9.17) is 9.47 Å². The number of hydrogen-bond acceptors (Lipinski definition) is 5. The van der Waals surface area contributed by atoms with E-state index >= 15 is 0 Å². The largest absolute Gasteiger partial charge is 0.464 e. The van der Waals surface area contributed by atoms with Gasteiger partial charge in [0.25, 0.3) is 0 Å². The summed E-state index contributed by atoms with van der Waals surface area (Å²) in [5.74, 6) is -1.84. The zero-order valence-electron chi connectivity index (χ0n) is 11.3. The second kappa shape index (κ2) is 8.49. The lowest BCUT2D eigenvalue weighted by Crippen LogP contribution is -2.48. The van der Waals surface area contributed by atoms with E-state index in [1.165, 1.54) is 0 Å². The summed E-state index contributed by atoms with van der Waals surface area (Å²) in [7, 11) is 0. The van der Waals surface area contributed by atoms with Gasteiger partial charge in [-0.15, -0.1) is 0 Å². The molecule has 0 radical (unpaired) electrons. The zero-order chi connectivity index (χ0) is 14.1. The number of esters is 2. The average Bonchev–Trinajstić information content (AvgIpc) is 2.25. The molecule has 18 heavy (non-hydrogen) atoms. The van der Waals surface area contributed by atoms with Crippen molar-refractivity contribution in [3.8, 4) is 0 Å². The van der Waals surface area contributed by atoms with Gasteiger partial charge in [-0.25, -0.2) is 9.59 Å². The van der Waals surface area contributed by atoms with Crippen molar-refractivity contribution in [2.45, 2.75) is 40.2 Å². The van der Waals surface area contributed by atoms with Gasteiger partial charge in [-0.1, -0.05) is 13.8 Å². The summed E-state index contributed by atoms with van der Waals surface area (Å²) in [6, 6.07) is -1.38. The second-order valence-electron chi connectivity index (χ2n) is 4.10. The van der Waals surface area contributed by atoms with E-state index in [-0.39, 0.29) is 31.5 Å². The van der Waals surface area contributed by atoms with Crippen LogP contribution in [0.2, 0.25) is 0 Å². The number of carbonyl (C=O) groups excluding carboxylic acids is 3. The number of hydrogen-bond donors (Lipinski definition) is 1. The van der Waals surface area contributed by atoms with Crippen LogP contribution in [0.5, 0.6) is 0 Å². The Kier molecular flexibility index (Phi) is 7.74. The molecule has 0 aromatic heterocycles. The highest BCUT2D eigenvalue weighted by Crippen LogP contribution is 2.01. The lowest BCUT2D eigenvalue weighted by Gasteiger charge is -2.16. The van der Waals surface area contributed by atoms with Crippen LogP contribution in [0, 0.1) is 5.92 Å². The normalized spacial score (nSPS) is 10.3. The van der Waals surface area contributed by atoms with E-state index < -0.39 is 18.0 Å². The molecule has 0 saturated heterocycles. The van der Waals surface area contributed by atoms with Crippen molar-refractivity contribution in [3.63, 3.8) is 0 Å². The predicted octanol–water partition coefficient (Wildman–Crippen LogP) is 0.643. The highest BCUT2D eigenvalue weighted by atomic mass is 16.6. The molecule has 0 rings (SSSR count). The molecule has 0 atom stereocenters. The Morgan fingerprint density at radius 2 is 1.44 bits per heavy atom. The van der Waals surface area contributed by atoms with E-state index in [9.17, 15) is 14.4 Å². The van der Waals surface area contributed by atoms with Crippen molar-refractivity contribution >= 4 is 17.8 Å². The third-order valence-electron chi connectivity index (χ3n) is 1.94. The number of carbonyl (C=O) groups is 3. The minimum absolute atomic E-state index is 0.134. The standard InChI is InChI=1S/C12H21NO5/c1-5-17-11(15)10(12(16)18-6-2)13-9(14)7-8(3)4/h8,10H,5-7H2,1-4H3,(H,13,14). The summed E-state index contributed by atoms with van der Waals surface area (Å²) in [4.78, 5) is 34.6. The minimum Gasteiger partial charge on any atom is -0.464 e. The first-order valence-corrected chi connectivity index (χ1v) is 6.04. The average molecular weight is 259 g/mol. The van der Waals surface area contributed by atoms with Crippen LogP contribution in [0.3, 0.4) is 0 Å². The van der Waals surface area contributed by atoms with Gasteiger partial charge < -0.3 is 14.8 Å². The molecule has 1 N–H and O–H groups in total. The van der Waals surface area contributed by atoms with E-state index in [0.29, 0.717) is 0 Å². The van der Waals surface area contributed by atoms with Gasteiger partial charge >= 0.3 is 11.9 Å². The van der Waals surface area contributed by atoms with E-state index in [2.05, 4.69) is 5.32 Å². The second-order valence-corrected chi connectivity index (χ2v) is 4.10. The highest BCUT2D eigenvalue weighted by molar-refractivity contribution is 6.02. The van der Waals surface area contributed by atoms with Crippen molar-refractivity contribution < 1.29 is 23.9 Å². The molecule has 0 saturated carbocycles. The van der Waals surface area contributed by atoms with Crippen molar-refractivity contribution in [3.05, 3.63) is 0 Å². The number of ether oxygens (including phenoxy) is 2. The Morgan fingerprint density at radius 1 is 1.00 bits per heavy atom. The highest BCUT2D eigenvalue weighted by Gasteiger charge is 2.31. The van der Waals surface area contributed by atoms with Gasteiger partial charge in [0.1, 0.15) is 0 Å². The van der Waals surface area contributed by atoms with E-state index in [1.807, 2.05) is 13.8 Å². The zero-order valence-corrected chi connectivity index (χ0v) is 11.3. The molecule has 0 aliphatic heterocycles. The molecule has 0 heterocycles. The first-order valence-electron chi connectivity index (χ1n) is 6.04. The molecular weight excluding hydrogens is 238 g/mol. The van der Waals surface area contributed by atoms with Crippen LogP contribution in [-0.4, -0.2) is 37.1 Å². The van der Waals surface area contributed by atoms with Crippen LogP contribution in [0.1, 0.15) is 34.1 Å². The molecular formula is C12H21NO5. The molecule has 0 aromatic rings. The van der Waals surface area contributed by atoms with Crippen LogP contribution in [-0.2, 0) is 23.9 Å². The van der Waals surface area contributed by atoms with Crippen molar-refractivity contribution in [2.24, 2.45) is 5.92 Å². The molecule has 0 unspecified atom stereocenters. The SMILES string of the molecule is CCOC(=O)C(NC(=O)CC(C)C)C(=O)OCC. The van der Waals surface area contributed by atoms with Gasteiger partial charge in [0.05, 0.1) is 13.2 Å². The van der Waals surface area contributed by atoms with Crippen LogP contribution in [0.25, 0.3) is 0 Å². The first-order chi connectivity index (χ1) is 8.42. The minimum atomic E-state index is -1.38. The number of amides is 1. The molecule has 0 aliphatic rings. The summed E-state index contributed by atoms with van der Waals surface area (Å²) in [5.41, 5.74) is 0. The Labute approximate surface area is 107 Å². The molecule has 0 spiro atoms. The Morgan fingerprint density at radius 3 is 1.78 bits per heavy atom. The Bertz CT molecular complexity index is 283. The number of nitrogens with one attached hydrogen (secondary N) is 1. The molecule has 0 aliphatic carbocycles. The summed E-state index contributed by atoms with van der Waals surface area (Å²) >= 11 is 0. The maximum Gasteiger partial charge on any atom is 0.340 e. The van der Waals surface area contributed by atoms with Crippen LogP contribution in [0.4, 0.5) is 0 Å². The maximum absolute atomic E-state index is 11.6. The third kappa shape index (κ3) is 6.22. The first kappa shape index (κ1) is 16.4. The van der Waals surface area contributed by atoms with Gasteiger partial charge in [0.15, 0.2) is 0 Å². The van der Waals surface area contributed by atoms with Gasteiger partial charge in [-0.2, -0.15) is 0 Å². The van der Waals surface area contributed by atoms with Crippen molar-refractivity contribution in [1.82, 2.24) is 5.32 Å². The fourth-order valence-corrected chi connectivity index (χ4v) is 1.26. The molecule has 104 valence electrons. The van der Waals surface area contributed by atoms with Crippen LogP contribution in [0.15, 0.2) is 0 Å². The molecule has 6 heteroatoms. The summed E-state index contributed by atoms with van der Waals surface area (Å²) in [6.45, 7) is 7.24. The lowest BCUT2D eigenvalue weighted by atomic mass is 10.1. The van der Waals surface area contributed by atoms with Gasteiger partial charge in [0.2, 0.25) is 11.9 Å². The topological polar surface area (TPSA) is 81.7 Å². The van der Waals surface area contributed by atoms with Crippen LogP contribution >= 0.6 is 0 Å². The van der Waals surface area contributed by atoms with Crippen LogP contribution < -0.4 is 5.32 Å². The van der Waals surface area contributed by atoms with Gasteiger partial charge in [-0.05, 0) is 19.8 Å². The molecule has 0 aromatic carbocycles. The summed E-state index contributed by atoms with van der Waals surface area (Å²) < 4.78 is 9.45. The molecule has 0 bridgehead atoms. The monoisotopic (exact) mass is 259 g/mol. The smallest absolute Gasteiger partial charge is 0.340 e. The fourth-order valence-electron chi connectivity index (χ4n) is 1.26. The fraction of sp³-hybridized carbons (Fsp3) is 0.750. The molecule has 1 amide bonds. The quantitative estimate of drug-likeness (QED) is 0.536. The summed E-state index contributed by atoms with van der Waals surface area (Å²) in [5, 5.41) is 2.33. The van der Waals surface area contributed by atoms with Gasteiger partial charge in [-0.3, -0.25) is 4.79 Å². The van der Waals surface area contributed by atoms with Crippen molar-refractivity contribution in [1.29, 1.82) is 0 Å². The molecule has 6 nitrogen and oxygen atoms in total. The van der Waals surface area contributed by atoms with Crippen molar-refractivity contribution in [2.75, 3.05) is 13.2 Å². The predicted molar refractivity (Wildman–Crippen MR) is 64.7 cm³/mol. The Balaban J connectivity index is 4.61. The Hall–Kier alpha value is -1.59. The lowest BCUT2D eigenvalue weighted by molar-refractivity contribution is -0.159. The molecule has 0 fully saturated rings. The number of rotatable bonds is 7. The summed E-state index contributed by atoms with van der Waals surface area (Å²) in [6.07, 6.45) is 0.231. The maximum atomic E-state index is 11.6. The van der Waals surface area contributed by atoms with Gasteiger partial charge in [0, 0.05) is 6.42 Å². The van der Waals surface area contributed by atoms with E-state index in [0.717, 1.165) is 0 Å². The van der Waals surface area contributed by atoms with E-state index in [1.54, 1.807) is 13.8 Å². The third-order valence-corrected chi connectivity index (χ3v) is 1.94.